The minimum atomic E-state index is 0.661. The molecule has 3 nitrogen and oxygen atoms in total. The molecular weight excluding hydrogens is 222 g/mol. The molecule has 0 aromatic carbocycles. The van der Waals surface area contributed by atoms with Crippen LogP contribution in [-0.2, 0) is 0 Å². The lowest BCUT2D eigenvalue weighted by atomic mass is 10.1. The van der Waals surface area contributed by atoms with Crippen molar-refractivity contribution in [1.82, 2.24) is 15.5 Å². The van der Waals surface area contributed by atoms with Gasteiger partial charge in [-0.1, -0.05) is 0 Å². The molecule has 0 spiro atoms. The van der Waals surface area contributed by atoms with Crippen molar-refractivity contribution >= 4 is 0 Å². The summed E-state index contributed by atoms with van der Waals surface area (Å²) >= 11 is 0. The van der Waals surface area contributed by atoms with Crippen LogP contribution in [0.5, 0.6) is 0 Å². The smallest absolute Gasteiger partial charge is 0.00822 e. The Kier molecular flexibility index (Phi) is 5.46. The van der Waals surface area contributed by atoms with Crippen molar-refractivity contribution in [3.8, 4) is 0 Å². The first kappa shape index (κ1) is 14.3. The van der Waals surface area contributed by atoms with E-state index >= 15 is 0 Å². The average Bonchev–Trinajstić information content (AvgIpc) is 2.96. The van der Waals surface area contributed by atoms with E-state index in [0.29, 0.717) is 6.04 Å². The zero-order valence-electron chi connectivity index (χ0n) is 12.4. The summed E-state index contributed by atoms with van der Waals surface area (Å²) in [5.41, 5.74) is 0. The molecule has 0 bridgehead atoms. The van der Waals surface area contributed by atoms with Gasteiger partial charge in [-0.3, -0.25) is 0 Å². The molecule has 2 rings (SSSR count). The van der Waals surface area contributed by atoms with Gasteiger partial charge in [0.2, 0.25) is 0 Å². The van der Waals surface area contributed by atoms with Crippen LogP contribution in [0.2, 0.25) is 0 Å². The summed E-state index contributed by atoms with van der Waals surface area (Å²) in [6.45, 7) is 12.0. The second kappa shape index (κ2) is 6.88. The highest BCUT2D eigenvalue weighted by Crippen LogP contribution is 2.18. The van der Waals surface area contributed by atoms with Crippen LogP contribution in [0, 0.1) is 5.92 Å². The Bertz CT molecular complexity index is 236. The maximum absolute atomic E-state index is 3.74. The highest BCUT2D eigenvalue weighted by Gasteiger charge is 2.24. The SMILES string of the molecule is CC(CC1CCCN1)NCC1CCN(C(C)C)C1. The summed E-state index contributed by atoms with van der Waals surface area (Å²) in [6.07, 6.45) is 5.40. The van der Waals surface area contributed by atoms with Crippen LogP contribution in [0.25, 0.3) is 0 Å². The Hall–Kier alpha value is -0.120. The van der Waals surface area contributed by atoms with Crippen molar-refractivity contribution < 1.29 is 0 Å². The summed E-state index contributed by atoms with van der Waals surface area (Å²) in [6, 6.07) is 2.15. The highest BCUT2D eigenvalue weighted by atomic mass is 15.2. The number of likely N-dealkylation sites (tertiary alicyclic amines) is 1. The van der Waals surface area contributed by atoms with E-state index in [4.69, 9.17) is 0 Å². The van der Waals surface area contributed by atoms with E-state index in [2.05, 4.69) is 36.3 Å². The Morgan fingerprint density at radius 1 is 1.28 bits per heavy atom. The maximum Gasteiger partial charge on any atom is 0.00822 e. The van der Waals surface area contributed by atoms with E-state index in [1.807, 2.05) is 0 Å². The summed E-state index contributed by atoms with van der Waals surface area (Å²) < 4.78 is 0. The van der Waals surface area contributed by atoms with E-state index in [-0.39, 0.29) is 0 Å². The standard InChI is InChI=1S/C15H31N3/c1-12(2)18-8-6-14(11-18)10-17-13(3)9-15-5-4-7-16-15/h12-17H,4-11H2,1-3H3. The molecule has 2 aliphatic heterocycles. The molecule has 2 saturated heterocycles. The maximum atomic E-state index is 3.74. The van der Waals surface area contributed by atoms with E-state index < -0.39 is 0 Å². The van der Waals surface area contributed by atoms with Gasteiger partial charge in [0.05, 0.1) is 0 Å². The van der Waals surface area contributed by atoms with Gasteiger partial charge in [-0.15, -0.1) is 0 Å². The van der Waals surface area contributed by atoms with Gasteiger partial charge >= 0.3 is 0 Å². The van der Waals surface area contributed by atoms with Crippen molar-refractivity contribution in [1.29, 1.82) is 0 Å². The minimum absolute atomic E-state index is 0.661. The zero-order valence-corrected chi connectivity index (χ0v) is 12.4. The van der Waals surface area contributed by atoms with Crippen LogP contribution in [0.1, 0.15) is 46.5 Å². The molecule has 2 N–H and O–H groups in total. The average molecular weight is 253 g/mol. The van der Waals surface area contributed by atoms with Crippen LogP contribution >= 0.6 is 0 Å². The molecular formula is C15H31N3. The number of nitrogens with zero attached hydrogens (tertiary/aromatic N) is 1. The fourth-order valence-electron chi connectivity index (χ4n) is 3.33. The van der Waals surface area contributed by atoms with Gasteiger partial charge in [0.1, 0.15) is 0 Å². The fraction of sp³-hybridized carbons (Fsp3) is 1.00. The van der Waals surface area contributed by atoms with E-state index in [9.17, 15) is 0 Å². The third-order valence-electron chi connectivity index (χ3n) is 4.60. The molecule has 18 heavy (non-hydrogen) atoms. The Labute approximate surface area is 113 Å². The lowest BCUT2D eigenvalue weighted by Gasteiger charge is -2.22. The Morgan fingerprint density at radius 2 is 2.11 bits per heavy atom. The molecule has 0 amide bonds. The third kappa shape index (κ3) is 4.22. The normalized spacial score (nSPS) is 31.3. The van der Waals surface area contributed by atoms with E-state index in [0.717, 1.165) is 18.0 Å². The van der Waals surface area contributed by atoms with Crippen LogP contribution in [0.4, 0.5) is 0 Å². The first-order valence-corrected chi connectivity index (χ1v) is 7.86. The van der Waals surface area contributed by atoms with Gasteiger partial charge in [-0.25, -0.2) is 0 Å². The molecule has 0 saturated carbocycles. The van der Waals surface area contributed by atoms with Crippen molar-refractivity contribution in [3.05, 3.63) is 0 Å². The summed E-state index contributed by atoms with van der Waals surface area (Å²) in [7, 11) is 0. The largest absolute Gasteiger partial charge is 0.314 e. The molecule has 0 aliphatic carbocycles. The molecule has 0 radical (unpaired) electrons. The fourth-order valence-corrected chi connectivity index (χ4v) is 3.33. The predicted octanol–water partition coefficient (Wildman–Crippen LogP) is 1.84. The molecule has 3 unspecified atom stereocenters. The van der Waals surface area contributed by atoms with Crippen molar-refractivity contribution in [2.24, 2.45) is 5.92 Å². The summed E-state index contributed by atoms with van der Waals surface area (Å²) in [5, 5.41) is 7.33. The number of rotatable bonds is 6. The predicted molar refractivity (Wildman–Crippen MR) is 77.9 cm³/mol. The lowest BCUT2D eigenvalue weighted by molar-refractivity contribution is 0.262. The third-order valence-corrected chi connectivity index (χ3v) is 4.60. The molecule has 3 atom stereocenters. The van der Waals surface area contributed by atoms with Crippen molar-refractivity contribution in [2.45, 2.75) is 64.6 Å². The number of hydrogen-bond donors (Lipinski definition) is 2. The molecule has 2 aliphatic rings. The first-order valence-electron chi connectivity index (χ1n) is 7.86. The van der Waals surface area contributed by atoms with Crippen LogP contribution in [-0.4, -0.2) is 49.2 Å². The van der Waals surface area contributed by atoms with E-state index in [1.165, 1.54) is 51.9 Å². The number of nitrogens with one attached hydrogen (secondary N) is 2. The minimum Gasteiger partial charge on any atom is -0.314 e. The molecule has 0 aromatic heterocycles. The molecule has 0 aromatic rings. The number of hydrogen-bond acceptors (Lipinski definition) is 3. The van der Waals surface area contributed by atoms with Crippen LogP contribution in [0.15, 0.2) is 0 Å². The van der Waals surface area contributed by atoms with Crippen LogP contribution < -0.4 is 10.6 Å². The quantitative estimate of drug-likeness (QED) is 0.756. The van der Waals surface area contributed by atoms with Gasteiger partial charge < -0.3 is 15.5 Å². The monoisotopic (exact) mass is 253 g/mol. The lowest BCUT2D eigenvalue weighted by Crippen LogP contribution is -2.37. The second-order valence-electron chi connectivity index (χ2n) is 6.58. The molecule has 106 valence electrons. The van der Waals surface area contributed by atoms with Gasteiger partial charge in [0.15, 0.2) is 0 Å². The van der Waals surface area contributed by atoms with E-state index in [1.54, 1.807) is 0 Å². The highest BCUT2D eigenvalue weighted by molar-refractivity contribution is 4.82. The van der Waals surface area contributed by atoms with Gasteiger partial charge in [-0.2, -0.15) is 0 Å². The summed E-state index contributed by atoms with van der Waals surface area (Å²) in [4.78, 5) is 2.61. The molecule has 2 fully saturated rings. The Morgan fingerprint density at radius 3 is 2.72 bits per heavy atom. The first-order chi connectivity index (χ1) is 8.65. The van der Waals surface area contributed by atoms with Crippen LogP contribution in [0.3, 0.4) is 0 Å². The van der Waals surface area contributed by atoms with Crippen molar-refractivity contribution in [2.75, 3.05) is 26.2 Å². The molecule has 3 heteroatoms. The topological polar surface area (TPSA) is 27.3 Å². The van der Waals surface area contributed by atoms with Crippen molar-refractivity contribution in [3.63, 3.8) is 0 Å². The van der Waals surface area contributed by atoms with Gasteiger partial charge in [-0.05, 0) is 72.0 Å². The second-order valence-corrected chi connectivity index (χ2v) is 6.58. The zero-order chi connectivity index (χ0) is 13.0. The Balaban J connectivity index is 1.59. The van der Waals surface area contributed by atoms with Gasteiger partial charge in [0, 0.05) is 24.7 Å². The summed E-state index contributed by atoms with van der Waals surface area (Å²) in [5.74, 6) is 0.867. The van der Waals surface area contributed by atoms with Gasteiger partial charge in [0.25, 0.3) is 0 Å². The molecule has 2 heterocycles.